The number of allylic oxidation sites excluding steroid dienone is 3. The van der Waals surface area contributed by atoms with Crippen molar-refractivity contribution in [2.45, 2.75) is 12.8 Å². The van der Waals surface area contributed by atoms with Crippen LogP contribution in [0.5, 0.6) is 0 Å². The summed E-state index contributed by atoms with van der Waals surface area (Å²) in [6.45, 7) is 0. The number of rotatable bonds is 1. The summed E-state index contributed by atoms with van der Waals surface area (Å²) < 4.78 is 4.55. The minimum Gasteiger partial charge on any atom is -0.466 e. The summed E-state index contributed by atoms with van der Waals surface area (Å²) in [7, 11) is 1.40. The Bertz CT molecular complexity index is 189. The Kier molecular flexibility index (Phi) is 2.26. The topological polar surface area (TPSA) is 26.3 Å². The van der Waals surface area contributed by atoms with Gasteiger partial charge in [0.25, 0.3) is 0 Å². The first-order valence-corrected chi connectivity index (χ1v) is 3.28. The van der Waals surface area contributed by atoms with E-state index < -0.39 is 0 Å². The lowest BCUT2D eigenvalue weighted by Crippen LogP contribution is -2.05. The van der Waals surface area contributed by atoms with Gasteiger partial charge in [0.2, 0.25) is 0 Å². The second-order valence-corrected chi connectivity index (χ2v) is 2.15. The van der Waals surface area contributed by atoms with Crippen molar-refractivity contribution in [1.82, 2.24) is 0 Å². The lowest BCUT2D eigenvalue weighted by atomic mass is 10.1. The average Bonchev–Trinajstić information content (AvgIpc) is 2.05. The molecule has 2 heteroatoms. The molecule has 0 aromatic carbocycles. The van der Waals surface area contributed by atoms with Crippen molar-refractivity contribution in [3.05, 3.63) is 23.8 Å². The van der Waals surface area contributed by atoms with E-state index in [2.05, 4.69) is 4.74 Å². The van der Waals surface area contributed by atoms with Gasteiger partial charge in [0.05, 0.1) is 7.11 Å². The number of hydrogen-bond donors (Lipinski definition) is 0. The van der Waals surface area contributed by atoms with E-state index in [1.54, 1.807) is 6.08 Å². The molecule has 1 rings (SSSR count). The summed E-state index contributed by atoms with van der Waals surface area (Å²) in [6, 6.07) is 0. The van der Waals surface area contributed by atoms with Gasteiger partial charge >= 0.3 is 5.97 Å². The molecule has 0 spiro atoms. The molecule has 0 N–H and O–H groups in total. The van der Waals surface area contributed by atoms with Crippen molar-refractivity contribution in [2.24, 2.45) is 0 Å². The molecule has 54 valence electrons. The highest BCUT2D eigenvalue weighted by Gasteiger charge is 2.08. The Balaban J connectivity index is 2.62. The van der Waals surface area contributed by atoms with E-state index in [1.165, 1.54) is 7.11 Å². The molecule has 0 heterocycles. The number of esters is 1. The molecular weight excluding hydrogens is 128 g/mol. The van der Waals surface area contributed by atoms with Gasteiger partial charge in [-0.05, 0) is 12.8 Å². The molecule has 2 nitrogen and oxygen atoms in total. The molecule has 0 bridgehead atoms. The van der Waals surface area contributed by atoms with E-state index in [-0.39, 0.29) is 5.97 Å². The molecule has 0 saturated heterocycles. The highest BCUT2D eigenvalue weighted by molar-refractivity contribution is 5.88. The minimum atomic E-state index is -0.204. The van der Waals surface area contributed by atoms with Crippen LogP contribution in [0.15, 0.2) is 23.8 Å². The van der Waals surface area contributed by atoms with Crippen LogP contribution in [0.2, 0.25) is 0 Å². The van der Waals surface area contributed by atoms with Crippen LogP contribution >= 0.6 is 0 Å². The first-order chi connectivity index (χ1) is 4.84. The molecular formula is C8H10O2. The van der Waals surface area contributed by atoms with Gasteiger partial charge in [-0.2, -0.15) is 0 Å². The Morgan fingerprint density at radius 3 is 3.00 bits per heavy atom. The number of hydrogen-bond acceptors (Lipinski definition) is 2. The van der Waals surface area contributed by atoms with E-state index >= 15 is 0 Å². The fraction of sp³-hybridized carbons (Fsp3) is 0.375. The van der Waals surface area contributed by atoms with Crippen LogP contribution in [-0.4, -0.2) is 13.1 Å². The molecule has 0 fully saturated rings. The van der Waals surface area contributed by atoms with Gasteiger partial charge in [-0.15, -0.1) is 0 Å². The van der Waals surface area contributed by atoms with Gasteiger partial charge in [-0.1, -0.05) is 18.2 Å². The van der Waals surface area contributed by atoms with Crippen LogP contribution in [0.25, 0.3) is 0 Å². The van der Waals surface area contributed by atoms with Crippen molar-refractivity contribution in [1.29, 1.82) is 0 Å². The Morgan fingerprint density at radius 2 is 2.50 bits per heavy atom. The standard InChI is InChI=1S/C8H10O2/c1-10-8(9)7-5-3-2-4-6-7/h2-3,5H,4,6H2,1H3. The van der Waals surface area contributed by atoms with E-state index in [1.807, 2.05) is 12.2 Å². The third-order valence-corrected chi connectivity index (χ3v) is 1.46. The van der Waals surface area contributed by atoms with Gasteiger partial charge in [-0.3, -0.25) is 0 Å². The number of carbonyl (C=O) groups excluding carboxylic acids is 1. The van der Waals surface area contributed by atoms with Gasteiger partial charge < -0.3 is 4.74 Å². The third kappa shape index (κ3) is 1.47. The summed E-state index contributed by atoms with van der Waals surface area (Å²) in [6.07, 6.45) is 7.47. The molecule has 0 aliphatic heterocycles. The quantitative estimate of drug-likeness (QED) is 0.512. The maximum atomic E-state index is 10.8. The van der Waals surface area contributed by atoms with Gasteiger partial charge in [0.1, 0.15) is 0 Å². The minimum absolute atomic E-state index is 0.204. The molecule has 0 saturated carbocycles. The largest absolute Gasteiger partial charge is 0.466 e. The molecule has 0 unspecified atom stereocenters. The fourth-order valence-electron chi connectivity index (χ4n) is 0.904. The van der Waals surface area contributed by atoms with Crippen molar-refractivity contribution in [2.75, 3.05) is 7.11 Å². The second-order valence-electron chi connectivity index (χ2n) is 2.15. The van der Waals surface area contributed by atoms with Crippen molar-refractivity contribution in [3.8, 4) is 0 Å². The maximum Gasteiger partial charge on any atom is 0.333 e. The average molecular weight is 138 g/mol. The molecule has 0 amide bonds. The number of carbonyl (C=O) groups is 1. The predicted octanol–water partition coefficient (Wildman–Crippen LogP) is 1.44. The number of ether oxygens (including phenoxy) is 1. The van der Waals surface area contributed by atoms with Gasteiger partial charge in [0, 0.05) is 5.57 Å². The monoisotopic (exact) mass is 138 g/mol. The molecule has 0 aromatic heterocycles. The number of methoxy groups -OCH3 is 1. The fourth-order valence-corrected chi connectivity index (χ4v) is 0.904. The first-order valence-electron chi connectivity index (χ1n) is 3.28. The van der Waals surface area contributed by atoms with Crippen LogP contribution in [0.1, 0.15) is 12.8 Å². The Labute approximate surface area is 60.2 Å². The normalized spacial score (nSPS) is 16.3. The van der Waals surface area contributed by atoms with Crippen molar-refractivity contribution < 1.29 is 9.53 Å². The van der Waals surface area contributed by atoms with E-state index in [4.69, 9.17) is 0 Å². The predicted molar refractivity (Wildman–Crippen MR) is 38.5 cm³/mol. The van der Waals surface area contributed by atoms with Crippen molar-refractivity contribution in [3.63, 3.8) is 0 Å². The van der Waals surface area contributed by atoms with E-state index in [0.29, 0.717) is 0 Å². The lowest BCUT2D eigenvalue weighted by Gasteiger charge is -2.04. The summed E-state index contributed by atoms with van der Waals surface area (Å²) in [5.41, 5.74) is 0.769. The van der Waals surface area contributed by atoms with Crippen LogP contribution in [0, 0.1) is 0 Å². The van der Waals surface area contributed by atoms with Gasteiger partial charge in [-0.25, -0.2) is 4.79 Å². The zero-order valence-electron chi connectivity index (χ0n) is 5.96. The molecule has 1 aliphatic carbocycles. The molecule has 0 aromatic rings. The zero-order valence-corrected chi connectivity index (χ0v) is 5.96. The first kappa shape index (κ1) is 7.06. The van der Waals surface area contributed by atoms with Crippen molar-refractivity contribution >= 4 is 5.97 Å². The second kappa shape index (κ2) is 3.20. The van der Waals surface area contributed by atoms with Crippen LogP contribution < -0.4 is 0 Å². The Morgan fingerprint density at radius 1 is 1.70 bits per heavy atom. The maximum absolute atomic E-state index is 10.8. The SMILES string of the molecule is COC(=O)C1=CC=CCC1. The van der Waals surface area contributed by atoms with Crippen LogP contribution in [0.4, 0.5) is 0 Å². The van der Waals surface area contributed by atoms with E-state index in [9.17, 15) is 4.79 Å². The lowest BCUT2D eigenvalue weighted by molar-refractivity contribution is -0.136. The summed E-state index contributed by atoms with van der Waals surface area (Å²) in [4.78, 5) is 10.8. The molecule has 1 aliphatic rings. The smallest absolute Gasteiger partial charge is 0.333 e. The van der Waals surface area contributed by atoms with Crippen LogP contribution in [-0.2, 0) is 9.53 Å². The van der Waals surface area contributed by atoms with Crippen LogP contribution in [0.3, 0.4) is 0 Å². The van der Waals surface area contributed by atoms with E-state index in [0.717, 1.165) is 18.4 Å². The summed E-state index contributed by atoms with van der Waals surface area (Å²) in [5, 5.41) is 0. The molecule has 0 radical (unpaired) electrons. The van der Waals surface area contributed by atoms with Gasteiger partial charge in [0.15, 0.2) is 0 Å². The highest BCUT2D eigenvalue weighted by Crippen LogP contribution is 2.12. The zero-order chi connectivity index (χ0) is 7.40. The summed E-state index contributed by atoms with van der Waals surface area (Å²) >= 11 is 0. The third-order valence-electron chi connectivity index (χ3n) is 1.46. The Hall–Kier alpha value is -1.05. The summed E-state index contributed by atoms with van der Waals surface area (Å²) in [5.74, 6) is -0.204. The molecule has 10 heavy (non-hydrogen) atoms. The highest BCUT2D eigenvalue weighted by atomic mass is 16.5. The molecule has 0 atom stereocenters.